The molecular weight excluding hydrogens is 320 g/mol. The molecule has 0 bridgehead atoms. The zero-order valence-corrected chi connectivity index (χ0v) is 15.5. The zero-order valence-electron chi connectivity index (χ0n) is 15.5. The van der Waals surface area contributed by atoms with Gasteiger partial charge in [-0.2, -0.15) is 0 Å². The molecule has 0 aliphatic carbocycles. The number of morpholine rings is 1. The van der Waals surface area contributed by atoms with Crippen LogP contribution >= 0.6 is 0 Å². The second-order valence-corrected chi connectivity index (χ2v) is 5.91. The van der Waals surface area contributed by atoms with Crippen LogP contribution in [0.25, 0.3) is 0 Å². The second kappa shape index (κ2) is 10.8. The molecule has 0 saturated carbocycles. The van der Waals surface area contributed by atoms with Crippen LogP contribution in [-0.4, -0.2) is 77.1 Å². The summed E-state index contributed by atoms with van der Waals surface area (Å²) < 4.78 is 16.6. The van der Waals surface area contributed by atoms with E-state index in [4.69, 9.17) is 14.2 Å². The Morgan fingerprint density at radius 1 is 1.24 bits per heavy atom. The van der Waals surface area contributed by atoms with Crippen LogP contribution in [0.2, 0.25) is 0 Å². The maximum atomic E-state index is 5.94. The van der Waals surface area contributed by atoms with Crippen molar-refractivity contribution in [1.82, 2.24) is 15.5 Å². The molecule has 1 aliphatic rings. The second-order valence-electron chi connectivity index (χ2n) is 5.91. The summed E-state index contributed by atoms with van der Waals surface area (Å²) >= 11 is 0. The van der Waals surface area contributed by atoms with Gasteiger partial charge in [0.2, 0.25) is 0 Å². The molecule has 7 heteroatoms. The number of methoxy groups -OCH3 is 1. The van der Waals surface area contributed by atoms with E-state index >= 15 is 0 Å². The van der Waals surface area contributed by atoms with Gasteiger partial charge in [-0.25, -0.2) is 0 Å². The monoisotopic (exact) mass is 350 g/mol. The number of rotatable bonds is 8. The minimum atomic E-state index is -0.0194. The topological polar surface area (TPSA) is 67.4 Å². The standard InChI is InChI=1S/C18H30N4O3/c1-15(25-17-7-5-4-6-16(17)23-3)14-21-18(19-2)20-8-9-22-10-12-24-13-11-22/h4-7,15H,8-14H2,1-3H3,(H2,19,20,21). The normalized spacial score (nSPS) is 17.0. The number of nitrogens with zero attached hydrogens (tertiary/aromatic N) is 2. The van der Waals surface area contributed by atoms with Crippen LogP contribution in [0.4, 0.5) is 0 Å². The van der Waals surface area contributed by atoms with Crippen molar-refractivity contribution in [3.8, 4) is 11.5 Å². The van der Waals surface area contributed by atoms with Crippen molar-refractivity contribution >= 4 is 5.96 Å². The molecule has 0 aromatic heterocycles. The quantitative estimate of drug-likeness (QED) is 0.538. The summed E-state index contributed by atoms with van der Waals surface area (Å²) in [6, 6.07) is 7.66. The number of para-hydroxylation sites is 2. The van der Waals surface area contributed by atoms with E-state index in [2.05, 4.69) is 20.5 Å². The number of hydrogen-bond acceptors (Lipinski definition) is 5. The number of ether oxygens (including phenoxy) is 3. The summed E-state index contributed by atoms with van der Waals surface area (Å²) in [6.07, 6.45) is -0.0194. The third-order valence-corrected chi connectivity index (χ3v) is 4.00. The number of aliphatic imine (C=N–C) groups is 1. The summed E-state index contributed by atoms with van der Waals surface area (Å²) in [6.45, 7) is 8.14. The van der Waals surface area contributed by atoms with Gasteiger partial charge in [0, 0.05) is 33.2 Å². The van der Waals surface area contributed by atoms with Gasteiger partial charge < -0.3 is 24.8 Å². The van der Waals surface area contributed by atoms with Crippen molar-refractivity contribution in [1.29, 1.82) is 0 Å². The molecule has 2 N–H and O–H groups in total. The number of guanidine groups is 1. The lowest BCUT2D eigenvalue weighted by Gasteiger charge is -2.27. The molecular formula is C18H30N4O3. The molecule has 0 radical (unpaired) electrons. The van der Waals surface area contributed by atoms with E-state index in [0.717, 1.165) is 56.9 Å². The molecule has 7 nitrogen and oxygen atoms in total. The third kappa shape index (κ3) is 6.80. The fourth-order valence-electron chi connectivity index (χ4n) is 2.59. The largest absolute Gasteiger partial charge is 0.493 e. The summed E-state index contributed by atoms with van der Waals surface area (Å²) in [7, 11) is 3.42. The lowest BCUT2D eigenvalue weighted by Crippen LogP contribution is -2.46. The van der Waals surface area contributed by atoms with Crippen molar-refractivity contribution in [3.05, 3.63) is 24.3 Å². The molecule has 25 heavy (non-hydrogen) atoms. The van der Waals surface area contributed by atoms with Gasteiger partial charge >= 0.3 is 0 Å². The summed E-state index contributed by atoms with van der Waals surface area (Å²) in [4.78, 5) is 6.64. The van der Waals surface area contributed by atoms with Crippen molar-refractivity contribution in [2.75, 3.05) is 60.1 Å². The van der Waals surface area contributed by atoms with Gasteiger partial charge in [-0.15, -0.1) is 0 Å². The summed E-state index contributed by atoms with van der Waals surface area (Å²) in [5, 5.41) is 6.63. The molecule has 1 aromatic carbocycles. The third-order valence-electron chi connectivity index (χ3n) is 4.00. The maximum Gasteiger partial charge on any atom is 0.191 e. The van der Waals surface area contributed by atoms with E-state index in [9.17, 15) is 0 Å². The molecule has 1 fully saturated rings. The molecule has 1 atom stereocenters. The predicted octanol–water partition coefficient (Wildman–Crippen LogP) is 0.960. The lowest BCUT2D eigenvalue weighted by molar-refractivity contribution is 0.0389. The van der Waals surface area contributed by atoms with Crippen molar-refractivity contribution in [2.24, 2.45) is 4.99 Å². The zero-order chi connectivity index (χ0) is 17.9. The average molecular weight is 350 g/mol. The van der Waals surface area contributed by atoms with E-state index in [1.165, 1.54) is 0 Å². The molecule has 0 spiro atoms. The fourth-order valence-corrected chi connectivity index (χ4v) is 2.59. The summed E-state index contributed by atoms with van der Waals surface area (Å²) in [5.41, 5.74) is 0. The Morgan fingerprint density at radius 2 is 1.96 bits per heavy atom. The van der Waals surface area contributed by atoms with Crippen LogP contribution in [0.1, 0.15) is 6.92 Å². The highest BCUT2D eigenvalue weighted by atomic mass is 16.5. The minimum absolute atomic E-state index is 0.0194. The number of hydrogen-bond donors (Lipinski definition) is 2. The fraction of sp³-hybridized carbons (Fsp3) is 0.611. The molecule has 0 amide bonds. The smallest absolute Gasteiger partial charge is 0.191 e. The van der Waals surface area contributed by atoms with Crippen molar-refractivity contribution < 1.29 is 14.2 Å². The molecule has 1 aromatic rings. The molecule has 140 valence electrons. The molecule has 1 heterocycles. The van der Waals surface area contributed by atoms with Gasteiger partial charge in [0.05, 0.1) is 26.9 Å². The Labute approximate surface area is 150 Å². The Bertz CT molecular complexity index is 533. The number of nitrogens with one attached hydrogen (secondary N) is 2. The van der Waals surface area contributed by atoms with Gasteiger partial charge in [0.1, 0.15) is 6.10 Å². The highest BCUT2D eigenvalue weighted by molar-refractivity contribution is 5.79. The van der Waals surface area contributed by atoms with Crippen molar-refractivity contribution in [3.63, 3.8) is 0 Å². The highest BCUT2D eigenvalue weighted by Gasteiger charge is 2.11. The Kier molecular flexibility index (Phi) is 8.34. The van der Waals surface area contributed by atoms with E-state index in [1.807, 2.05) is 31.2 Å². The van der Waals surface area contributed by atoms with Gasteiger partial charge in [0.15, 0.2) is 17.5 Å². The Balaban J connectivity index is 1.68. The van der Waals surface area contributed by atoms with Gasteiger partial charge in [-0.3, -0.25) is 9.89 Å². The van der Waals surface area contributed by atoms with Crippen LogP contribution in [0.5, 0.6) is 11.5 Å². The van der Waals surface area contributed by atoms with E-state index in [0.29, 0.717) is 6.54 Å². The number of benzene rings is 1. The Hall–Kier alpha value is -1.99. The van der Waals surface area contributed by atoms with Crippen LogP contribution < -0.4 is 20.1 Å². The van der Waals surface area contributed by atoms with Crippen molar-refractivity contribution in [2.45, 2.75) is 13.0 Å². The summed E-state index contributed by atoms with van der Waals surface area (Å²) in [5.74, 6) is 2.26. The SMILES string of the molecule is CN=C(NCCN1CCOCC1)NCC(C)Oc1ccccc1OC. The molecule has 1 unspecified atom stereocenters. The minimum Gasteiger partial charge on any atom is -0.493 e. The first kappa shape index (κ1) is 19.3. The van der Waals surface area contributed by atoms with Gasteiger partial charge in [0.25, 0.3) is 0 Å². The highest BCUT2D eigenvalue weighted by Crippen LogP contribution is 2.26. The van der Waals surface area contributed by atoms with Crippen LogP contribution in [0, 0.1) is 0 Å². The van der Waals surface area contributed by atoms with Crippen LogP contribution in [-0.2, 0) is 4.74 Å². The Morgan fingerprint density at radius 3 is 2.64 bits per heavy atom. The first-order chi connectivity index (χ1) is 12.2. The molecule has 1 aliphatic heterocycles. The molecule has 2 rings (SSSR count). The van der Waals surface area contributed by atoms with Gasteiger partial charge in [-0.05, 0) is 19.1 Å². The van der Waals surface area contributed by atoms with E-state index < -0.39 is 0 Å². The lowest BCUT2D eigenvalue weighted by atomic mass is 10.3. The van der Waals surface area contributed by atoms with E-state index in [-0.39, 0.29) is 6.10 Å². The maximum absolute atomic E-state index is 5.94. The predicted molar refractivity (Wildman–Crippen MR) is 99.7 cm³/mol. The van der Waals surface area contributed by atoms with E-state index in [1.54, 1.807) is 14.2 Å². The van der Waals surface area contributed by atoms with Gasteiger partial charge in [-0.1, -0.05) is 12.1 Å². The van der Waals surface area contributed by atoms with Crippen LogP contribution in [0.3, 0.4) is 0 Å². The average Bonchev–Trinajstić information content (AvgIpc) is 2.65. The first-order valence-electron chi connectivity index (χ1n) is 8.77. The first-order valence-corrected chi connectivity index (χ1v) is 8.77. The molecule has 1 saturated heterocycles. The van der Waals surface area contributed by atoms with Crippen LogP contribution in [0.15, 0.2) is 29.3 Å².